The van der Waals surface area contributed by atoms with Gasteiger partial charge in [-0.2, -0.15) is 11.8 Å². The van der Waals surface area contributed by atoms with Crippen LogP contribution in [0.4, 0.5) is 0 Å². The van der Waals surface area contributed by atoms with E-state index in [0.717, 1.165) is 31.2 Å². The minimum Gasteiger partial charge on any atom is -0.357 e. The molecule has 0 radical (unpaired) electrons. The van der Waals surface area contributed by atoms with E-state index in [4.69, 9.17) is 4.99 Å². The lowest BCUT2D eigenvalue weighted by molar-refractivity contribution is -0.122. The molecule has 3 N–H and O–H groups in total. The lowest BCUT2D eigenvalue weighted by Gasteiger charge is -2.34. The molecule has 1 amide bonds. The van der Waals surface area contributed by atoms with Crippen LogP contribution in [0.25, 0.3) is 0 Å². The second-order valence-electron chi connectivity index (χ2n) is 6.30. The first kappa shape index (κ1) is 20.8. The highest BCUT2D eigenvalue weighted by Crippen LogP contribution is 2.32. The van der Waals surface area contributed by atoms with E-state index in [2.05, 4.69) is 41.9 Å². The summed E-state index contributed by atoms with van der Waals surface area (Å²) in [4.78, 5) is 18.4. The normalized spacial score (nSPS) is 28.3. The predicted molar refractivity (Wildman–Crippen MR) is 109 cm³/mol. The molecule has 0 bridgehead atoms. The Hall–Kier alpha value is -0.220. The first-order chi connectivity index (χ1) is 10.6. The third-order valence-electron chi connectivity index (χ3n) is 4.51. The van der Waals surface area contributed by atoms with E-state index < -0.39 is 0 Å². The maximum atomic E-state index is 11.2. The van der Waals surface area contributed by atoms with Crippen LogP contribution in [0.1, 0.15) is 26.2 Å². The zero-order valence-electron chi connectivity index (χ0n) is 14.4. The van der Waals surface area contributed by atoms with Gasteiger partial charge in [0, 0.05) is 36.8 Å². The van der Waals surface area contributed by atoms with Gasteiger partial charge in [0.25, 0.3) is 0 Å². The quantitative estimate of drug-likeness (QED) is 0.326. The van der Waals surface area contributed by atoms with E-state index in [1.165, 1.54) is 12.2 Å². The molecule has 2 aliphatic heterocycles. The highest BCUT2D eigenvalue weighted by molar-refractivity contribution is 14.0. The Labute approximate surface area is 161 Å². The number of hydrogen-bond acceptors (Lipinski definition) is 4. The van der Waals surface area contributed by atoms with Crippen molar-refractivity contribution < 1.29 is 4.79 Å². The van der Waals surface area contributed by atoms with E-state index >= 15 is 0 Å². The number of halogens is 1. The topological polar surface area (TPSA) is 68.8 Å². The molecule has 2 atom stereocenters. The van der Waals surface area contributed by atoms with Gasteiger partial charge >= 0.3 is 0 Å². The Morgan fingerprint density at radius 2 is 2.30 bits per heavy atom. The minimum absolute atomic E-state index is 0. The van der Waals surface area contributed by atoms with E-state index in [1.807, 2.05) is 11.8 Å². The monoisotopic (exact) mass is 455 g/mol. The number of nitrogens with zero attached hydrogens (tertiary/aromatic N) is 2. The van der Waals surface area contributed by atoms with Gasteiger partial charge in [-0.05, 0) is 39.6 Å². The number of hydrogen-bond donors (Lipinski definition) is 3. The number of amides is 1. The number of carbonyl (C=O) groups is 1. The van der Waals surface area contributed by atoms with Crippen molar-refractivity contribution in [2.24, 2.45) is 4.99 Å². The number of likely N-dealkylation sites (N-methyl/N-ethyl adjacent to an activating group) is 1. The summed E-state index contributed by atoms with van der Waals surface area (Å²) in [6, 6.07) is 0.267. The first-order valence-electron chi connectivity index (χ1n) is 8.12. The van der Waals surface area contributed by atoms with Gasteiger partial charge in [-0.3, -0.25) is 9.79 Å². The third-order valence-corrected chi connectivity index (χ3v) is 5.75. The van der Waals surface area contributed by atoms with Crippen LogP contribution in [0.3, 0.4) is 0 Å². The standard InChI is InChI=1S/C15H29N5OS.HI/c1-4-16-14(19-12-5-6-13(21)17-9-12)18-10-15(20(2)3)7-8-22-11-15;/h12H,4-11H2,1-3H3,(H,17,21)(H2,16,18,19);1H. The van der Waals surface area contributed by atoms with Crippen LogP contribution < -0.4 is 16.0 Å². The van der Waals surface area contributed by atoms with Crippen LogP contribution in [0.2, 0.25) is 0 Å². The summed E-state index contributed by atoms with van der Waals surface area (Å²) in [5.41, 5.74) is 0.174. The van der Waals surface area contributed by atoms with Gasteiger partial charge in [0.05, 0.1) is 6.54 Å². The predicted octanol–water partition coefficient (Wildman–Crippen LogP) is 0.875. The number of rotatable bonds is 5. The third kappa shape index (κ3) is 5.97. The number of carbonyl (C=O) groups excluding carboxylic acids is 1. The molecule has 6 nitrogen and oxygen atoms in total. The van der Waals surface area contributed by atoms with Gasteiger partial charge in [-0.1, -0.05) is 0 Å². The molecular formula is C15H30IN5OS. The fourth-order valence-corrected chi connectivity index (χ4v) is 4.35. The van der Waals surface area contributed by atoms with Crippen molar-refractivity contribution in [2.45, 2.75) is 37.8 Å². The number of nitrogens with one attached hydrogen (secondary N) is 3. The Balaban J connectivity index is 0.00000264. The average molecular weight is 455 g/mol. The van der Waals surface area contributed by atoms with Crippen LogP contribution >= 0.6 is 35.7 Å². The van der Waals surface area contributed by atoms with Crippen molar-refractivity contribution in [1.29, 1.82) is 0 Å². The summed E-state index contributed by atoms with van der Waals surface area (Å²) in [7, 11) is 4.30. The Kier molecular flexibility index (Phi) is 8.99. The molecule has 2 unspecified atom stereocenters. The zero-order chi connectivity index (χ0) is 16.0. The van der Waals surface area contributed by atoms with E-state index in [0.29, 0.717) is 13.0 Å². The SMILES string of the molecule is CCNC(=NCC1(N(C)C)CCSC1)NC1CCC(=O)NC1.I. The summed E-state index contributed by atoms with van der Waals surface area (Å²) in [6.07, 6.45) is 2.65. The Morgan fingerprint density at radius 3 is 2.83 bits per heavy atom. The lowest BCUT2D eigenvalue weighted by atomic mass is 9.98. The van der Waals surface area contributed by atoms with E-state index in [9.17, 15) is 4.79 Å². The van der Waals surface area contributed by atoms with Crippen LogP contribution in [0, 0.1) is 0 Å². The van der Waals surface area contributed by atoms with E-state index in [1.54, 1.807) is 0 Å². The fourth-order valence-electron chi connectivity index (χ4n) is 2.81. The minimum atomic E-state index is 0. The molecule has 2 rings (SSSR count). The summed E-state index contributed by atoms with van der Waals surface area (Å²) in [5.74, 6) is 3.37. The van der Waals surface area contributed by atoms with Crippen molar-refractivity contribution >= 4 is 47.6 Å². The Morgan fingerprint density at radius 1 is 1.52 bits per heavy atom. The second kappa shape index (κ2) is 9.93. The summed E-state index contributed by atoms with van der Waals surface area (Å²) in [6.45, 7) is 4.40. The van der Waals surface area contributed by atoms with Gasteiger partial charge in [0.15, 0.2) is 5.96 Å². The first-order valence-corrected chi connectivity index (χ1v) is 9.28. The van der Waals surface area contributed by atoms with Crippen molar-refractivity contribution in [2.75, 3.05) is 45.2 Å². The molecule has 2 fully saturated rings. The van der Waals surface area contributed by atoms with Gasteiger partial charge in [-0.15, -0.1) is 24.0 Å². The van der Waals surface area contributed by atoms with Crippen molar-refractivity contribution in [3.63, 3.8) is 0 Å². The summed E-state index contributed by atoms with van der Waals surface area (Å²) < 4.78 is 0. The maximum absolute atomic E-state index is 11.2. The molecular weight excluding hydrogens is 425 g/mol. The molecule has 0 aromatic rings. The van der Waals surface area contributed by atoms with E-state index in [-0.39, 0.29) is 41.5 Å². The maximum Gasteiger partial charge on any atom is 0.220 e. The summed E-state index contributed by atoms with van der Waals surface area (Å²) >= 11 is 2.01. The molecule has 134 valence electrons. The van der Waals surface area contributed by atoms with Gasteiger partial charge in [0.2, 0.25) is 5.91 Å². The van der Waals surface area contributed by atoms with Crippen molar-refractivity contribution in [1.82, 2.24) is 20.9 Å². The molecule has 8 heteroatoms. The second-order valence-corrected chi connectivity index (χ2v) is 7.41. The highest BCUT2D eigenvalue weighted by Gasteiger charge is 2.36. The van der Waals surface area contributed by atoms with Crippen molar-refractivity contribution in [3.05, 3.63) is 0 Å². The van der Waals surface area contributed by atoms with Crippen LogP contribution in [-0.4, -0.2) is 73.6 Å². The highest BCUT2D eigenvalue weighted by atomic mass is 127. The fraction of sp³-hybridized carbons (Fsp3) is 0.867. The molecule has 2 saturated heterocycles. The molecule has 0 aromatic carbocycles. The largest absolute Gasteiger partial charge is 0.357 e. The molecule has 0 aromatic heterocycles. The average Bonchev–Trinajstić information content (AvgIpc) is 2.98. The molecule has 2 aliphatic rings. The molecule has 0 aliphatic carbocycles. The van der Waals surface area contributed by atoms with Gasteiger partial charge in [0.1, 0.15) is 0 Å². The number of piperidine rings is 1. The zero-order valence-corrected chi connectivity index (χ0v) is 17.5. The van der Waals surface area contributed by atoms with Crippen LogP contribution in [0.5, 0.6) is 0 Å². The van der Waals surface area contributed by atoms with Gasteiger partial charge in [-0.25, -0.2) is 0 Å². The molecule has 0 spiro atoms. The summed E-state index contributed by atoms with van der Waals surface area (Å²) in [5, 5.41) is 9.69. The molecule has 23 heavy (non-hydrogen) atoms. The number of aliphatic imine (C=N–C) groups is 1. The van der Waals surface area contributed by atoms with Crippen molar-refractivity contribution in [3.8, 4) is 0 Å². The number of guanidine groups is 1. The number of thioether (sulfide) groups is 1. The Bertz CT molecular complexity index is 403. The molecule has 2 heterocycles. The lowest BCUT2D eigenvalue weighted by Crippen LogP contribution is -2.52. The van der Waals surface area contributed by atoms with Crippen LogP contribution in [-0.2, 0) is 4.79 Å². The molecule has 0 saturated carbocycles. The smallest absolute Gasteiger partial charge is 0.220 e. The van der Waals surface area contributed by atoms with Gasteiger partial charge < -0.3 is 20.9 Å². The van der Waals surface area contributed by atoms with Crippen LogP contribution in [0.15, 0.2) is 4.99 Å².